The summed E-state index contributed by atoms with van der Waals surface area (Å²) in [5.41, 5.74) is 0. The fraction of sp³-hybridized carbons (Fsp3) is 0.550. The van der Waals surface area contributed by atoms with E-state index in [4.69, 9.17) is 9.47 Å². The van der Waals surface area contributed by atoms with Gasteiger partial charge in [-0.05, 0) is 25.5 Å². The number of ether oxygens (including phenoxy) is 2. The van der Waals surface area contributed by atoms with Gasteiger partial charge in [-0.2, -0.15) is 5.10 Å². The van der Waals surface area contributed by atoms with Gasteiger partial charge < -0.3 is 20.1 Å². The zero-order valence-electron chi connectivity index (χ0n) is 17.5. The minimum absolute atomic E-state index is 0. The lowest BCUT2D eigenvalue weighted by Crippen LogP contribution is -2.48. The Kier molecular flexibility index (Phi) is 8.99. The largest absolute Gasteiger partial charge is 0.493 e. The van der Waals surface area contributed by atoms with Gasteiger partial charge in [0, 0.05) is 25.9 Å². The van der Waals surface area contributed by atoms with E-state index in [1.54, 1.807) is 14.2 Å². The summed E-state index contributed by atoms with van der Waals surface area (Å²) >= 11 is 0. The molecule has 2 unspecified atom stereocenters. The predicted molar refractivity (Wildman–Crippen MR) is 125 cm³/mol. The number of fused-ring (bicyclic) bond motifs is 1. The third kappa shape index (κ3) is 6.22. The summed E-state index contributed by atoms with van der Waals surface area (Å²) in [5, 5.41) is 11.4. The van der Waals surface area contributed by atoms with Crippen LogP contribution >= 0.6 is 24.0 Å². The van der Waals surface area contributed by atoms with Crippen molar-refractivity contribution in [3.8, 4) is 11.5 Å². The van der Waals surface area contributed by atoms with Crippen molar-refractivity contribution in [1.82, 2.24) is 25.4 Å². The monoisotopic (exact) mass is 514 g/mol. The molecular weight excluding hydrogens is 483 g/mol. The minimum Gasteiger partial charge on any atom is -0.493 e. The molecule has 3 rings (SSSR count). The number of aryl methyl sites for hydroxylation is 2. The number of halogens is 1. The van der Waals surface area contributed by atoms with E-state index in [0.29, 0.717) is 6.54 Å². The van der Waals surface area contributed by atoms with E-state index in [2.05, 4.69) is 32.6 Å². The Bertz CT molecular complexity index is 810. The fourth-order valence-corrected chi connectivity index (χ4v) is 3.23. The predicted octanol–water partition coefficient (Wildman–Crippen LogP) is 2.41. The zero-order valence-corrected chi connectivity index (χ0v) is 19.8. The van der Waals surface area contributed by atoms with Gasteiger partial charge in [0.1, 0.15) is 11.9 Å². The second-order valence-electron chi connectivity index (χ2n) is 6.89. The SMILES string of the molecule is CCc1nc2n(n1)CC(NC(=NC)NCC(C)Oc1ccccc1OC)CC2.I. The summed E-state index contributed by atoms with van der Waals surface area (Å²) < 4.78 is 13.3. The molecule has 0 fully saturated rings. The van der Waals surface area contributed by atoms with Crippen LogP contribution in [-0.4, -0.2) is 53.6 Å². The Morgan fingerprint density at radius 3 is 2.79 bits per heavy atom. The molecule has 0 radical (unpaired) electrons. The van der Waals surface area contributed by atoms with E-state index in [0.717, 1.165) is 54.9 Å². The molecule has 160 valence electrons. The standard InChI is InChI=1S/C20H30N6O2.HI/c1-5-18-24-19-11-10-15(13-26(19)25-18)23-20(21-3)22-12-14(2)28-17-9-7-6-8-16(17)27-4;/h6-9,14-15H,5,10-13H2,1-4H3,(H2,21,22,23);1H. The van der Waals surface area contributed by atoms with Crippen LogP contribution in [0.4, 0.5) is 0 Å². The molecule has 2 N–H and O–H groups in total. The van der Waals surface area contributed by atoms with Crippen LogP contribution in [0.3, 0.4) is 0 Å². The molecule has 1 aliphatic rings. The molecule has 0 amide bonds. The Morgan fingerprint density at radius 2 is 2.10 bits per heavy atom. The number of hydrogen-bond acceptors (Lipinski definition) is 5. The van der Waals surface area contributed by atoms with Gasteiger partial charge in [0.05, 0.1) is 20.2 Å². The first-order valence-corrected chi connectivity index (χ1v) is 9.82. The summed E-state index contributed by atoms with van der Waals surface area (Å²) in [6, 6.07) is 7.93. The van der Waals surface area contributed by atoms with Crippen molar-refractivity contribution < 1.29 is 9.47 Å². The van der Waals surface area contributed by atoms with Gasteiger partial charge in [0.2, 0.25) is 0 Å². The smallest absolute Gasteiger partial charge is 0.191 e. The lowest BCUT2D eigenvalue weighted by molar-refractivity contribution is 0.213. The van der Waals surface area contributed by atoms with Crippen molar-refractivity contribution in [2.75, 3.05) is 20.7 Å². The summed E-state index contributed by atoms with van der Waals surface area (Å²) in [4.78, 5) is 8.91. The van der Waals surface area contributed by atoms with Crippen LogP contribution < -0.4 is 20.1 Å². The van der Waals surface area contributed by atoms with Crippen LogP contribution in [0.5, 0.6) is 11.5 Å². The first-order chi connectivity index (χ1) is 13.6. The average Bonchev–Trinajstić information content (AvgIpc) is 3.14. The van der Waals surface area contributed by atoms with Gasteiger partial charge in [-0.25, -0.2) is 9.67 Å². The van der Waals surface area contributed by atoms with E-state index in [-0.39, 0.29) is 36.1 Å². The molecule has 1 aromatic carbocycles. The highest BCUT2D eigenvalue weighted by molar-refractivity contribution is 14.0. The second kappa shape index (κ2) is 11.2. The van der Waals surface area contributed by atoms with Crippen LogP contribution in [0, 0.1) is 0 Å². The Morgan fingerprint density at radius 1 is 1.34 bits per heavy atom. The Hall–Kier alpha value is -2.04. The van der Waals surface area contributed by atoms with Crippen molar-refractivity contribution in [2.24, 2.45) is 4.99 Å². The van der Waals surface area contributed by atoms with Gasteiger partial charge in [-0.15, -0.1) is 24.0 Å². The maximum absolute atomic E-state index is 5.99. The van der Waals surface area contributed by atoms with E-state index in [1.165, 1.54) is 0 Å². The van der Waals surface area contributed by atoms with Crippen LogP contribution in [0.2, 0.25) is 0 Å². The van der Waals surface area contributed by atoms with Crippen molar-refractivity contribution in [2.45, 2.75) is 51.8 Å². The molecule has 2 aromatic rings. The van der Waals surface area contributed by atoms with Crippen LogP contribution in [0.25, 0.3) is 0 Å². The number of hydrogen-bond donors (Lipinski definition) is 2. The Balaban J connectivity index is 0.00000300. The molecule has 1 aromatic heterocycles. The first-order valence-electron chi connectivity index (χ1n) is 9.82. The molecule has 9 heteroatoms. The molecular formula is C20H31IN6O2. The number of guanidine groups is 1. The molecule has 0 spiro atoms. The summed E-state index contributed by atoms with van der Waals surface area (Å²) in [6.07, 6.45) is 2.76. The molecule has 8 nitrogen and oxygen atoms in total. The molecule has 1 aliphatic heterocycles. The second-order valence-corrected chi connectivity index (χ2v) is 6.89. The normalized spacial score (nSPS) is 17.0. The van der Waals surface area contributed by atoms with Gasteiger partial charge in [0.25, 0.3) is 0 Å². The van der Waals surface area contributed by atoms with Crippen molar-refractivity contribution in [3.63, 3.8) is 0 Å². The highest BCUT2D eigenvalue weighted by Gasteiger charge is 2.22. The number of aliphatic imine (C=N–C) groups is 1. The van der Waals surface area contributed by atoms with Gasteiger partial charge in [0.15, 0.2) is 23.3 Å². The number of benzene rings is 1. The van der Waals surface area contributed by atoms with Crippen molar-refractivity contribution in [1.29, 1.82) is 0 Å². The molecule has 2 heterocycles. The number of para-hydroxylation sites is 2. The molecule has 0 saturated carbocycles. The van der Waals surface area contributed by atoms with Gasteiger partial charge >= 0.3 is 0 Å². The van der Waals surface area contributed by atoms with Crippen LogP contribution in [0.15, 0.2) is 29.3 Å². The van der Waals surface area contributed by atoms with E-state index >= 15 is 0 Å². The molecule has 0 bridgehead atoms. The third-order valence-electron chi connectivity index (χ3n) is 4.74. The van der Waals surface area contributed by atoms with Crippen LogP contribution in [0.1, 0.15) is 31.9 Å². The summed E-state index contributed by atoms with van der Waals surface area (Å²) in [5.74, 6) is 4.23. The zero-order chi connectivity index (χ0) is 19.9. The lowest BCUT2D eigenvalue weighted by atomic mass is 10.1. The van der Waals surface area contributed by atoms with Gasteiger partial charge in [-0.3, -0.25) is 4.99 Å². The maximum atomic E-state index is 5.99. The van der Waals surface area contributed by atoms with Gasteiger partial charge in [-0.1, -0.05) is 19.1 Å². The highest BCUT2D eigenvalue weighted by atomic mass is 127. The lowest BCUT2D eigenvalue weighted by Gasteiger charge is -2.26. The summed E-state index contributed by atoms with van der Waals surface area (Å²) in [7, 11) is 3.42. The van der Waals surface area contributed by atoms with E-state index in [9.17, 15) is 0 Å². The van der Waals surface area contributed by atoms with Crippen LogP contribution in [-0.2, 0) is 19.4 Å². The van der Waals surface area contributed by atoms with E-state index in [1.807, 2.05) is 35.9 Å². The maximum Gasteiger partial charge on any atom is 0.191 e. The number of methoxy groups -OCH3 is 1. The topological polar surface area (TPSA) is 85.6 Å². The van der Waals surface area contributed by atoms with Crippen molar-refractivity contribution in [3.05, 3.63) is 35.9 Å². The van der Waals surface area contributed by atoms with Crippen molar-refractivity contribution >= 4 is 29.9 Å². The number of nitrogens with one attached hydrogen (secondary N) is 2. The summed E-state index contributed by atoms with van der Waals surface area (Å²) in [6.45, 7) is 5.52. The highest BCUT2D eigenvalue weighted by Crippen LogP contribution is 2.26. The molecule has 2 atom stereocenters. The molecule has 0 aliphatic carbocycles. The quantitative estimate of drug-likeness (QED) is 0.336. The third-order valence-corrected chi connectivity index (χ3v) is 4.74. The number of nitrogens with zero attached hydrogens (tertiary/aromatic N) is 4. The molecule has 29 heavy (non-hydrogen) atoms. The minimum atomic E-state index is -0.0461. The number of rotatable bonds is 7. The first kappa shape index (κ1) is 23.2. The molecule has 0 saturated heterocycles. The van der Waals surface area contributed by atoms with E-state index < -0.39 is 0 Å². The Labute approximate surface area is 189 Å². The fourth-order valence-electron chi connectivity index (χ4n) is 3.23. The average molecular weight is 514 g/mol. The number of aromatic nitrogens is 3.